The lowest BCUT2D eigenvalue weighted by atomic mass is 10.2. The summed E-state index contributed by atoms with van der Waals surface area (Å²) < 4.78 is 52.7. The van der Waals surface area contributed by atoms with Crippen molar-refractivity contribution in [2.75, 3.05) is 26.1 Å². The normalized spacial score (nSPS) is 10.9. The zero-order valence-corrected chi connectivity index (χ0v) is 15.4. The summed E-state index contributed by atoms with van der Waals surface area (Å²) in [6.45, 7) is -0.724. The Labute approximate surface area is 162 Å². The summed E-state index contributed by atoms with van der Waals surface area (Å²) in [6, 6.07) is 5.05. The molecule has 0 saturated carbocycles. The van der Waals surface area contributed by atoms with Crippen molar-refractivity contribution in [3.8, 4) is 11.5 Å². The van der Waals surface area contributed by atoms with Crippen molar-refractivity contribution in [1.29, 1.82) is 0 Å². The number of hydrogen-bond donors (Lipinski definition) is 1. The fourth-order valence-corrected chi connectivity index (χ4v) is 2.25. The van der Waals surface area contributed by atoms with E-state index in [1.165, 1.54) is 26.4 Å². The number of rotatable bonds is 6. The van der Waals surface area contributed by atoms with Crippen LogP contribution < -0.4 is 14.8 Å². The van der Waals surface area contributed by atoms with E-state index in [1.807, 2.05) is 0 Å². The molecule has 0 unspecified atom stereocenters. The molecule has 0 radical (unpaired) electrons. The predicted molar refractivity (Wildman–Crippen MR) is 92.7 cm³/mol. The molecule has 150 valence electrons. The van der Waals surface area contributed by atoms with Crippen LogP contribution >= 0.6 is 11.6 Å². The first kappa shape index (κ1) is 21.3. The highest BCUT2D eigenvalue weighted by atomic mass is 35.5. The van der Waals surface area contributed by atoms with E-state index in [9.17, 15) is 22.8 Å². The number of carbonyl (C=O) groups excluding carboxylic acids is 2. The average Bonchev–Trinajstić information content (AvgIpc) is 2.66. The van der Waals surface area contributed by atoms with Gasteiger partial charge in [0, 0.05) is 6.20 Å². The Kier molecular flexibility index (Phi) is 6.68. The van der Waals surface area contributed by atoms with Gasteiger partial charge in [0.2, 0.25) is 0 Å². The molecule has 11 heteroatoms. The number of hydrogen-bond acceptors (Lipinski definition) is 6. The molecular weight excluding hydrogens is 405 g/mol. The molecule has 2 aromatic rings. The standard InChI is InChI=1S/C17H14ClF3N2O5/c1-26-10-3-4-13(27-2)11(6-10)16(25)28-8-14(24)23-15-12(18)5-9(7-22-15)17(19,20)21/h3-7H,8H2,1-2H3,(H,22,23,24). The van der Waals surface area contributed by atoms with Gasteiger partial charge >= 0.3 is 12.1 Å². The van der Waals surface area contributed by atoms with Crippen LogP contribution in [0.3, 0.4) is 0 Å². The Hall–Kier alpha value is -3.01. The van der Waals surface area contributed by atoms with Crippen molar-refractivity contribution in [2.24, 2.45) is 0 Å². The number of pyridine rings is 1. The molecule has 2 rings (SSSR count). The van der Waals surface area contributed by atoms with E-state index in [0.717, 1.165) is 0 Å². The highest BCUT2D eigenvalue weighted by molar-refractivity contribution is 6.33. The second kappa shape index (κ2) is 8.79. The maximum absolute atomic E-state index is 12.6. The second-order valence-corrected chi connectivity index (χ2v) is 5.65. The van der Waals surface area contributed by atoms with Crippen LogP contribution in [0.5, 0.6) is 11.5 Å². The molecule has 0 aliphatic heterocycles. The number of anilines is 1. The molecule has 0 aliphatic rings. The van der Waals surface area contributed by atoms with Crippen LogP contribution in [0.1, 0.15) is 15.9 Å². The van der Waals surface area contributed by atoms with Gasteiger partial charge in [-0.2, -0.15) is 13.2 Å². The molecule has 28 heavy (non-hydrogen) atoms. The molecule has 0 saturated heterocycles. The minimum atomic E-state index is -4.62. The summed E-state index contributed by atoms with van der Waals surface area (Å²) in [7, 11) is 2.76. The van der Waals surface area contributed by atoms with Crippen molar-refractivity contribution in [1.82, 2.24) is 4.98 Å². The molecule has 7 nitrogen and oxygen atoms in total. The Balaban J connectivity index is 2.02. The number of benzene rings is 1. The Morgan fingerprint density at radius 1 is 1.18 bits per heavy atom. The van der Waals surface area contributed by atoms with Gasteiger partial charge in [-0.1, -0.05) is 11.6 Å². The zero-order chi connectivity index (χ0) is 20.9. The summed E-state index contributed by atoms with van der Waals surface area (Å²) in [5, 5.41) is 1.75. The number of ether oxygens (including phenoxy) is 3. The minimum absolute atomic E-state index is 0.0281. The first-order valence-electron chi connectivity index (χ1n) is 7.57. The number of alkyl halides is 3. The van der Waals surface area contributed by atoms with E-state index >= 15 is 0 Å². The van der Waals surface area contributed by atoms with Gasteiger partial charge in [-0.05, 0) is 24.3 Å². The monoisotopic (exact) mass is 418 g/mol. The number of carbonyl (C=O) groups is 2. The number of amides is 1. The minimum Gasteiger partial charge on any atom is -0.497 e. The topological polar surface area (TPSA) is 86.8 Å². The molecule has 0 spiro atoms. The van der Waals surface area contributed by atoms with Gasteiger partial charge in [-0.3, -0.25) is 4.79 Å². The maximum Gasteiger partial charge on any atom is 0.417 e. The molecule has 1 heterocycles. The van der Waals surface area contributed by atoms with Gasteiger partial charge in [0.1, 0.15) is 17.1 Å². The Morgan fingerprint density at radius 2 is 1.89 bits per heavy atom. The van der Waals surface area contributed by atoms with Gasteiger partial charge in [-0.15, -0.1) is 0 Å². The quantitative estimate of drug-likeness (QED) is 0.722. The Morgan fingerprint density at radius 3 is 2.46 bits per heavy atom. The van der Waals surface area contributed by atoms with Crippen molar-refractivity contribution in [2.45, 2.75) is 6.18 Å². The highest BCUT2D eigenvalue weighted by Crippen LogP contribution is 2.32. The van der Waals surface area contributed by atoms with E-state index < -0.39 is 35.2 Å². The van der Waals surface area contributed by atoms with Crippen LogP contribution in [-0.2, 0) is 15.7 Å². The van der Waals surface area contributed by atoms with E-state index in [2.05, 4.69) is 10.3 Å². The molecule has 0 bridgehead atoms. The summed E-state index contributed by atoms with van der Waals surface area (Å²) in [6.07, 6.45) is -4.10. The third-order valence-electron chi connectivity index (χ3n) is 3.39. The van der Waals surface area contributed by atoms with Crippen LogP contribution in [0.4, 0.5) is 19.0 Å². The molecule has 0 atom stereocenters. The summed E-state index contributed by atoms with van der Waals surface area (Å²) in [4.78, 5) is 27.5. The first-order chi connectivity index (χ1) is 13.2. The summed E-state index contributed by atoms with van der Waals surface area (Å²) in [5.74, 6) is -1.42. The maximum atomic E-state index is 12.6. The number of nitrogens with one attached hydrogen (secondary N) is 1. The largest absolute Gasteiger partial charge is 0.497 e. The van der Waals surface area contributed by atoms with E-state index in [1.54, 1.807) is 6.07 Å². The zero-order valence-electron chi connectivity index (χ0n) is 14.6. The lowest BCUT2D eigenvalue weighted by Gasteiger charge is -2.11. The van der Waals surface area contributed by atoms with Crippen LogP contribution in [0.2, 0.25) is 5.02 Å². The summed E-state index contributed by atoms with van der Waals surface area (Å²) >= 11 is 5.70. The number of nitrogens with zero attached hydrogens (tertiary/aromatic N) is 1. The lowest BCUT2D eigenvalue weighted by molar-refractivity contribution is -0.137. The van der Waals surface area contributed by atoms with Crippen LogP contribution in [-0.4, -0.2) is 37.7 Å². The molecule has 0 aliphatic carbocycles. The molecule has 1 amide bonds. The predicted octanol–water partition coefficient (Wildman–Crippen LogP) is 3.57. The van der Waals surface area contributed by atoms with Crippen molar-refractivity contribution >= 4 is 29.3 Å². The SMILES string of the molecule is COc1ccc(OC)c(C(=O)OCC(=O)Nc2ncc(C(F)(F)F)cc2Cl)c1. The molecule has 1 aromatic carbocycles. The smallest absolute Gasteiger partial charge is 0.417 e. The van der Waals surface area contributed by atoms with Gasteiger partial charge < -0.3 is 19.5 Å². The number of aromatic nitrogens is 1. The van der Waals surface area contributed by atoms with Crippen LogP contribution in [0.25, 0.3) is 0 Å². The Bertz CT molecular complexity index is 890. The molecular formula is C17H14ClF3N2O5. The van der Waals surface area contributed by atoms with Crippen molar-refractivity contribution < 1.29 is 37.0 Å². The fourth-order valence-electron chi connectivity index (χ4n) is 2.04. The molecule has 1 N–H and O–H groups in total. The number of halogens is 4. The lowest BCUT2D eigenvalue weighted by Crippen LogP contribution is -2.22. The second-order valence-electron chi connectivity index (χ2n) is 5.24. The molecule has 0 fully saturated rings. The van der Waals surface area contributed by atoms with E-state index in [4.69, 9.17) is 25.8 Å². The average molecular weight is 419 g/mol. The van der Waals surface area contributed by atoms with Crippen LogP contribution in [0.15, 0.2) is 30.5 Å². The first-order valence-corrected chi connectivity index (χ1v) is 7.95. The fraction of sp³-hybridized carbons (Fsp3) is 0.235. The van der Waals surface area contributed by atoms with Crippen LogP contribution in [0, 0.1) is 0 Å². The van der Waals surface area contributed by atoms with Gasteiger partial charge in [-0.25, -0.2) is 9.78 Å². The third-order valence-corrected chi connectivity index (χ3v) is 3.68. The van der Waals surface area contributed by atoms with Gasteiger partial charge in [0.05, 0.1) is 24.8 Å². The highest BCUT2D eigenvalue weighted by Gasteiger charge is 2.31. The van der Waals surface area contributed by atoms with E-state index in [0.29, 0.717) is 18.0 Å². The number of methoxy groups -OCH3 is 2. The van der Waals surface area contributed by atoms with Gasteiger partial charge in [0.25, 0.3) is 5.91 Å². The number of esters is 1. The third kappa shape index (κ3) is 5.26. The van der Waals surface area contributed by atoms with Crippen molar-refractivity contribution in [3.63, 3.8) is 0 Å². The summed E-state index contributed by atoms with van der Waals surface area (Å²) in [5.41, 5.74) is -1.03. The van der Waals surface area contributed by atoms with E-state index in [-0.39, 0.29) is 17.1 Å². The van der Waals surface area contributed by atoms with Crippen molar-refractivity contribution in [3.05, 3.63) is 46.6 Å². The van der Waals surface area contributed by atoms with Gasteiger partial charge in [0.15, 0.2) is 12.4 Å². The molecule has 1 aromatic heterocycles.